The van der Waals surface area contributed by atoms with Crippen LogP contribution in [0.5, 0.6) is 0 Å². The van der Waals surface area contributed by atoms with E-state index < -0.39 is 0 Å². The van der Waals surface area contributed by atoms with Gasteiger partial charge in [-0.2, -0.15) is 0 Å². The SMILES string of the molecule is CC(CNc1ncc[nH]1)N(C)C. The van der Waals surface area contributed by atoms with Gasteiger partial charge in [-0.05, 0) is 21.0 Å². The van der Waals surface area contributed by atoms with Crippen molar-refractivity contribution in [3.63, 3.8) is 0 Å². The molecule has 4 nitrogen and oxygen atoms in total. The van der Waals surface area contributed by atoms with Crippen LogP contribution in [0.1, 0.15) is 6.92 Å². The molecule has 0 radical (unpaired) electrons. The van der Waals surface area contributed by atoms with Gasteiger partial charge >= 0.3 is 0 Å². The van der Waals surface area contributed by atoms with Crippen molar-refractivity contribution in [1.29, 1.82) is 0 Å². The fourth-order valence-corrected chi connectivity index (χ4v) is 0.789. The highest BCUT2D eigenvalue weighted by Crippen LogP contribution is 1.97. The third-order valence-corrected chi connectivity index (χ3v) is 1.94. The highest BCUT2D eigenvalue weighted by Gasteiger charge is 2.03. The Morgan fingerprint density at radius 1 is 1.67 bits per heavy atom. The minimum absolute atomic E-state index is 0.509. The zero-order valence-corrected chi connectivity index (χ0v) is 7.83. The number of likely N-dealkylation sites (N-methyl/N-ethyl adjacent to an activating group) is 1. The van der Waals surface area contributed by atoms with Gasteiger partial charge in [0.05, 0.1) is 0 Å². The minimum atomic E-state index is 0.509. The summed E-state index contributed by atoms with van der Waals surface area (Å²) in [6, 6.07) is 0.509. The third kappa shape index (κ3) is 2.54. The summed E-state index contributed by atoms with van der Waals surface area (Å²) in [7, 11) is 4.13. The lowest BCUT2D eigenvalue weighted by Crippen LogP contribution is -2.31. The Hall–Kier alpha value is -1.03. The third-order valence-electron chi connectivity index (χ3n) is 1.94. The number of aromatic nitrogens is 2. The Labute approximate surface area is 73.0 Å². The maximum absolute atomic E-state index is 4.06. The molecule has 0 aliphatic heterocycles. The number of hydrogen-bond donors (Lipinski definition) is 2. The minimum Gasteiger partial charge on any atom is -0.354 e. The Balaban J connectivity index is 2.27. The smallest absolute Gasteiger partial charge is 0.200 e. The summed E-state index contributed by atoms with van der Waals surface area (Å²) in [5.74, 6) is 0.837. The maximum Gasteiger partial charge on any atom is 0.200 e. The van der Waals surface area contributed by atoms with Gasteiger partial charge in [0, 0.05) is 25.0 Å². The van der Waals surface area contributed by atoms with Crippen LogP contribution in [0.4, 0.5) is 5.95 Å². The fourth-order valence-electron chi connectivity index (χ4n) is 0.789. The Bertz CT molecular complexity index is 205. The van der Waals surface area contributed by atoms with Gasteiger partial charge in [-0.3, -0.25) is 0 Å². The van der Waals surface area contributed by atoms with Gasteiger partial charge in [0.25, 0.3) is 0 Å². The predicted molar refractivity (Wildman–Crippen MR) is 50.2 cm³/mol. The lowest BCUT2D eigenvalue weighted by molar-refractivity contribution is 0.326. The van der Waals surface area contributed by atoms with Crippen LogP contribution < -0.4 is 5.32 Å². The van der Waals surface area contributed by atoms with Crippen molar-refractivity contribution in [3.05, 3.63) is 12.4 Å². The van der Waals surface area contributed by atoms with Gasteiger partial charge in [-0.25, -0.2) is 4.98 Å². The number of H-pyrrole nitrogens is 1. The molecule has 1 aromatic heterocycles. The molecule has 1 heterocycles. The van der Waals surface area contributed by atoms with Crippen LogP contribution in [0, 0.1) is 0 Å². The predicted octanol–water partition coefficient (Wildman–Crippen LogP) is 0.772. The molecule has 0 fully saturated rings. The Morgan fingerprint density at radius 2 is 2.42 bits per heavy atom. The van der Waals surface area contributed by atoms with Crippen molar-refractivity contribution >= 4 is 5.95 Å². The van der Waals surface area contributed by atoms with E-state index in [2.05, 4.69) is 41.2 Å². The molecule has 0 saturated carbocycles. The second-order valence-electron chi connectivity index (χ2n) is 3.13. The second kappa shape index (κ2) is 4.11. The number of aromatic amines is 1. The molecule has 1 aromatic rings. The molecule has 1 rings (SSSR count). The largest absolute Gasteiger partial charge is 0.354 e. The van der Waals surface area contributed by atoms with Gasteiger partial charge in [-0.1, -0.05) is 0 Å². The first kappa shape index (κ1) is 9.06. The van der Waals surface area contributed by atoms with Crippen LogP contribution in [-0.2, 0) is 0 Å². The second-order valence-corrected chi connectivity index (χ2v) is 3.13. The number of nitrogens with zero attached hydrogens (tertiary/aromatic N) is 2. The number of hydrogen-bond acceptors (Lipinski definition) is 3. The summed E-state index contributed by atoms with van der Waals surface area (Å²) >= 11 is 0. The number of nitrogens with one attached hydrogen (secondary N) is 2. The normalized spacial score (nSPS) is 13.3. The van der Waals surface area contributed by atoms with E-state index in [0.717, 1.165) is 12.5 Å². The van der Waals surface area contributed by atoms with Gasteiger partial charge < -0.3 is 15.2 Å². The Morgan fingerprint density at radius 3 is 2.92 bits per heavy atom. The van der Waals surface area contributed by atoms with Crippen molar-refractivity contribution in [2.75, 3.05) is 26.0 Å². The zero-order chi connectivity index (χ0) is 8.97. The van der Waals surface area contributed by atoms with E-state index in [4.69, 9.17) is 0 Å². The molecule has 0 aromatic carbocycles. The quantitative estimate of drug-likeness (QED) is 0.698. The van der Waals surface area contributed by atoms with E-state index >= 15 is 0 Å². The van der Waals surface area contributed by atoms with E-state index in [1.165, 1.54) is 0 Å². The van der Waals surface area contributed by atoms with Gasteiger partial charge in [0.2, 0.25) is 0 Å². The monoisotopic (exact) mass is 168 g/mol. The molecule has 0 amide bonds. The van der Waals surface area contributed by atoms with E-state index in [0.29, 0.717) is 6.04 Å². The summed E-state index contributed by atoms with van der Waals surface area (Å²) in [5.41, 5.74) is 0. The molecule has 1 unspecified atom stereocenters. The summed E-state index contributed by atoms with van der Waals surface area (Å²) in [6.07, 6.45) is 3.55. The molecular weight excluding hydrogens is 152 g/mol. The molecule has 0 saturated heterocycles. The van der Waals surface area contributed by atoms with E-state index in [9.17, 15) is 0 Å². The molecule has 0 aliphatic carbocycles. The van der Waals surface area contributed by atoms with Crippen LogP contribution in [-0.4, -0.2) is 41.5 Å². The summed E-state index contributed by atoms with van der Waals surface area (Å²) in [4.78, 5) is 9.22. The van der Waals surface area contributed by atoms with Crippen LogP contribution in [0.25, 0.3) is 0 Å². The van der Waals surface area contributed by atoms with Crippen molar-refractivity contribution in [3.8, 4) is 0 Å². The highest BCUT2D eigenvalue weighted by atomic mass is 15.2. The Kier molecular flexibility index (Phi) is 3.10. The maximum atomic E-state index is 4.06. The van der Waals surface area contributed by atoms with Crippen LogP contribution in [0.15, 0.2) is 12.4 Å². The van der Waals surface area contributed by atoms with Crippen LogP contribution in [0.3, 0.4) is 0 Å². The first-order valence-corrected chi connectivity index (χ1v) is 4.10. The summed E-state index contributed by atoms with van der Waals surface area (Å²) < 4.78 is 0. The highest BCUT2D eigenvalue weighted by molar-refractivity contribution is 5.22. The van der Waals surface area contributed by atoms with Crippen molar-refractivity contribution < 1.29 is 0 Å². The van der Waals surface area contributed by atoms with Crippen LogP contribution >= 0.6 is 0 Å². The van der Waals surface area contributed by atoms with Gasteiger partial charge in [0.15, 0.2) is 5.95 Å². The first-order valence-electron chi connectivity index (χ1n) is 4.10. The fraction of sp³-hybridized carbons (Fsp3) is 0.625. The average Bonchev–Trinajstić information content (AvgIpc) is 2.51. The average molecular weight is 168 g/mol. The summed E-state index contributed by atoms with van der Waals surface area (Å²) in [5, 5.41) is 3.20. The van der Waals surface area contributed by atoms with E-state index in [1.54, 1.807) is 6.20 Å². The van der Waals surface area contributed by atoms with Gasteiger partial charge in [0.1, 0.15) is 0 Å². The van der Waals surface area contributed by atoms with Crippen molar-refractivity contribution in [2.24, 2.45) is 0 Å². The molecule has 68 valence electrons. The topological polar surface area (TPSA) is 44.0 Å². The molecule has 1 atom stereocenters. The zero-order valence-electron chi connectivity index (χ0n) is 7.83. The lowest BCUT2D eigenvalue weighted by Gasteiger charge is -2.19. The lowest BCUT2D eigenvalue weighted by atomic mass is 10.3. The molecule has 12 heavy (non-hydrogen) atoms. The molecule has 0 spiro atoms. The molecular formula is C8H16N4. The summed E-state index contributed by atoms with van der Waals surface area (Å²) in [6.45, 7) is 3.07. The number of anilines is 1. The number of rotatable bonds is 4. The van der Waals surface area contributed by atoms with Crippen molar-refractivity contribution in [1.82, 2.24) is 14.9 Å². The van der Waals surface area contributed by atoms with E-state index in [1.807, 2.05) is 6.20 Å². The molecule has 4 heteroatoms. The van der Waals surface area contributed by atoms with Gasteiger partial charge in [-0.15, -0.1) is 0 Å². The van der Waals surface area contributed by atoms with Crippen LogP contribution in [0.2, 0.25) is 0 Å². The van der Waals surface area contributed by atoms with Crippen molar-refractivity contribution in [2.45, 2.75) is 13.0 Å². The standard InChI is InChI=1S/C8H16N4/c1-7(12(2)3)6-11-8-9-4-5-10-8/h4-5,7H,6H2,1-3H3,(H2,9,10,11). The number of imidazole rings is 1. The molecule has 0 bridgehead atoms. The molecule has 0 aliphatic rings. The molecule has 2 N–H and O–H groups in total. The first-order chi connectivity index (χ1) is 5.70. The van der Waals surface area contributed by atoms with E-state index in [-0.39, 0.29) is 0 Å².